The van der Waals surface area contributed by atoms with E-state index in [1.54, 1.807) is 18.0 Å². The lowest BCUT2D eigenvalue weighted by Gasteiger charge is -2.65. The molecule has 1 spiro atoms. The third kappa shape index (κ3) is 3.66. The Labute approximate surface area is 231 Å². The zero-order valence-corrected chi connectivity index (χ0v) is 22.5. The molecule has 2 heterocycles. The van der Waals surface area contributed by atoms with Gasteiger partial charge in [-0.3, -0.25) is 9.69 Å². The standard InChI is InChI=1S/C31H33F3N2O4/c1-4-13-36-14-12-29-25-20-9-10-22(37)27(25)40-28(29)26(18(2)17-30(29,39)23(36)16-20)35(3)24(38)11-8-19-6-5-7-21(15-19)31(32,33)34/h4-11,15,18,23,26,28,37,39H,1,12-14,16-17H2,2-3H3/b11-8+/t18?,23-,26?,28?,29+,30-/m1/s1. The first-order chi connectivity index (χ1) is 18.9. The van der Waals surface area contributed by atoms with Gasteiger partial charge in [-0.25, -0.2) is 0 Å². The van der Waals surface area contributed by atoms with Gasteiger partial charge in [0.05, 0.1) is 22.6 Å². The summed E-state index contributed by atoms with van der Waals surface area (Å²) in [6.07, 6.45) is 1.07. The van der Waals surface area contributed by atoms with Gasteiger partial charge in [0.25, 0.3) is 0 Å². The Morgan fingerprint density at radius 3 is 2.80 bits per heavy atom. The maximum atomic E-state index is 13.5. The number of hydrogen-bond acceptors (Lipinski definition) is 5. The molecule has 6 nitrogen and oxygen atoms in total. The van der Waals surface area contributed by atoms with Crippen LogP contribution < -0.4 is 4.74 Å². The Balaban J connectivity index is 1.37. The highest BCUT2D eigenvalue weighted by Gasteiger charge is 2.74. The fourth-order valence-electron chi connectivity index (χ4n) is 8.10. The first-order valence-corrected chi connectivity index (χ1v) is 13.6. The number of phenols is 1. The predicted octanol–water partition coefficient (Wildman–Crippen LogP) is 4.54. The highest BCUT2D eigenvalue weighted by Crippen LogP contribution is 2.66. The number of phenolic OH excluding ortho intramolecular Hbond substituents is 1. The molecule has 3 unspecified atom stereocenters. The van der Waals surface area contributed by atoms with E-state index in [4.69, 9.17) is 4.74 Å². The van der Waals surface area contributed by atoms with Crippen molar-refractivity contribution in [2.45, 2.75) is 61.6 Å². The molecule has 0 aromatic heterocycles. The normalized spacial score (nSPS) is 32.5. The first kappa shape index (κ1) is 26.9. The summed E-state index contributed by atoms with van der Waals surface area (Å²) in [5.41, 5.74) is -0.578. The van der Waals surface area contributed by atoms with Gasteiger partial charge < -0.3 is 19.8 Å². The first-order valence-electron chi connectivity index (χ1n) is 13.6. The van der Waals surface area contributed by atoms with Gasteiger partial charge in [-0.15, -0.1) is 6.58 Å². The lowest BCUT2D eigenvalue weighted by Crippen LogP contribution is -2.79. The van der Waals surface area contributed by atoms with Crippen LogP contribution in [0, 0.1) is 5.92 Å². The molecule has 9 heteroatoms. The fourth-order valence-corrected chi connectivity index (χ4v) is 8.10. The number of carbonyl (C=O) groups is 1. The number of benzene rings is 2. The monoisotopic (exact) mass is 554 g/mol. The number of aromatic hydroxyl groups is 1. The van der Waals surface area contributed by atoms with E-state index in [0.717, 1.165) is 23.3 Å². The molecule has 1 amide bonds. The molecular weight excluding hydrogens is 521 g/mol. The molecule has 2 N–H and O–H groups in total. The highest BCUT2D eigenvalue weighted by atomic mass is 19.4. The Morgan fingerprint density at radius 1 is 1.30 bits per heavy atom. The van der Waals surface area contributed by atoms with E-state index in [1.165, 1.54) is 24.3 Å². The van der Waals surface area contributed by atoms with Crippen LogP contribution in [0.2, 0.25) is 0 Å². The van der Waals surface area contributed by atoms with Crippen molar-refractivity contribution in [3.05, 3.63) is 77.4 Å². The van der Waals surface area contributed by atoms with E-state index in [9.17, 15) is 28.2 Å². The Bertz CT molecular complexity index is 1410. The van der Waals surface area contributed by atoms with E-state index in [2.05, 4.69) is 11.5 Å². The summed E-state index contributed by atoms with van der Waals surface area (Å²) >= 11 is 0. The highest BCUT2D eigenvalue weighted by molar-refractivity contribution is 5.92. The summed E-state index contributed by atoms with van der Waals surface area (Å²) < 4.78 is 46.0. The molecule has 4 aliphatic rings. The van der Waals surface area contributed by atoms with E-state index in [-0.39, 0.29) is 29.2 Å². The largest absolute Gasteiger partial charge is 0.504 e. The Kier molecular flexibility index (Phi) is 6.12. The van der Waals surface area contributed by atoms with E-state index < -0.39 is 34.9 Å². The van der Waals surface area contributed by atoms with Gasteiger partial charge in [-0.2, -0.15) is 13.2 Å². The van der Waals surface area contributed by atoms with Crippen LogP contribution in [0.4, 0.5) is 13.2 Å². The van der Waals surface area contributed by atoms with Crippen molar-refractivity contribution < 1.29 is 32.9 Å². The molecule has 2 aromatic carbocycles. The number of nitrogens with zero attached hydrogens (tertiary/aromatic N) is 2. The van der Waals surface area contributed by atoms with Crippen molar-refractivity contribution in [1.82, 2.24) is 9.80 Å². The minimum Gasteiger partial charge on any atom is -0.504 e. The van der Waals surface area contributed by atoms with Crippen LogP contribution >= 0.6 is 0 Å². The zero-order chi connectivity index (χ0) is 28.6. The number of hydrogen-bond donors (Lipinski definition) is 2. The lowest BCUT2D eigenvalue weighted by atomic mass is 9.46. The van der Waals surface area contributed by atoms with E-state index >= 15 is 0 Å². The smallest absolute Gasteiger partial charge is 0.416 e. The Morgan fingerprint density at radius 2 is 2.08 bits per heavy atom. The number of amides is 1. The van der Waals surface area contributed by atoms with Crippen LogP contribution in [0.25, 0.3) is 6.08 Å². The number of halogens is 3. The van der Waals surface area contributed by atoms with Gasteiger partial charge in [0, 0.05) is 31.3 Å². The van der Waals surface area contributed by atoms with Gasteiger partial charge in [0.1, 0.15) is 6.10 Å². The van der Waals surface area contributed by atoms with Crippen LogP contribution in [-0.4, -0.2) is 69.8 Å². The number of alkyl halides is 3. The molecule has 2 aromatic rings. The molecule has 2 fully saturated rings. The van der Waals surface area contributed by atoms with Crippen LogP contribution in [0.3, 0.4) is 0 Å². The second-order valence-electron chi connectivity index (χ2n) is 11.7. The third-order valence-corrected chi connectivity index (χ3v) is 9.69. The minimum absolute atomic E-state index is 0.0154. The SMILES string of the molecule is C=CCN1CC[C@]23c4c5ccc(O)c4OC2C(N(C)C(=O)/C=C/c2cccc(C(F)(F)F)c2)C(C)C[C@@]3(O)[C@H]1C5. The topological polar surface area (TPSA) is 73.2 Å². The number of ether oxygens (including phenoxy) is 1. The summed E-state index contributed by atoms with van der Waals surface area (Å²) in [5.74, 6) is -0.141. The van der Waals surface area contributed by atoms with Crippen molar-refractivity contribution in [2.24, 2.45) is 5.92 Å². The molecule has 6 rings (SSSR count). The molecule has 212 valence electrons. The number of piperidine rings is 1. The number of aliphatic hydroxyl groups is 1. The summed E-state index contributed by atoms with van der Waals surface area (Å²) in [7, 11) is 1.67. The second kappa shape index (κ2) is 9.11. The van der Waals surface area contributed by atoms with Gasteiger partial charge in [-0.05, 0) is 67.1 Å². The summed E-state index contributed by atoms with van der Waals surface area (Å²) in [6.45, 7) is 7.25. The van der Waals surface area contributed by atoms with Crippen LogP contribution in [-0.2, 0) is 22.8 Å². The molecule has 40 heavy (non-hydrogen) atoms. The van der Waals surface area contributed by atoms with Crippen molar-refractivity contribution in [2.75, 3.05) is 20.1 Å². The maximum absolute atomic E-state index is 13.5. The third-order valence-electron chi connectivity index (χ3n) is 9.69. The van der Waals surface area contributed by atoms with Crippen molar-refractivity contribution in [3.8, 4) is 11.5 Å². The van der Waals surface area contributed by atoms with E-state index in [0.29, 0.717) is 38.1 Å². The van der Waals surface area contributed by atoms with Gasteiger partial charge in [-0.1, -0.05) is 31.2 Å². The number of likely N-dealkylation sites (tertiary alicyclic amines) is 1. The quantitative estimate of drug-likeness (QED) is 0.420. The molecule has 2 aliphatic carbocycles. The van der Waals surface area contributed by atoms with Crippen molar-refractivity contribution >= 4 is 12.0 Å². The lowest BCUT2D eigenvalue weighted by molar-refractivity contribution is -0.210. The fraction of sp³-hybridized carbons (Fsp3) is 0.452. The van der Waals surface area contributed by atoms with Crippen LogP contribution in [0.1, 0.15) is 42.0 Å². The minimum atomic E-state index is -4.48. The molecule has 6 atom stereocenters. The average molecular weight is 555 g/mol. The molecule has 1 saturated carbocycles. The zero-order valence-electron chi connectivity index (χ0n) is 22.5. The van der Waals surface area contributed by atoms with Gasteiger partial charge in [0.2, 0.25) is 5.91 Å². The van der Waals surface area contributed by atoms with Crippen molar-refractivity contribution in [3.63, 3.8) is 0 Å². The summed E-state index contributed by atoms with van der Waals surface area (Å²) in [5, 5.41) is 23.4. The van der Waals surface area contributed by atoms with Crippen LogP contribution in [0.15, 0.2) is 55.1 Å². The molecule has 2 bridgehead atoms. The molecule has 2 aliphatic heterocycles. The van der Waals surface area contributed by atoms with Crippen LogP contribution in [0.5, 0.6) is 11.5 Å². The Hall–Kier alpha value is -3.30. The maximum Gasteiger partial charge on any atom is 0.416 e. The second-order valence-corrected chi connectivity index (χ2v) is 11.7. The number of carbonyl (C=O) groups excluding carboxylic acids is 1. The molecular formula is C31H33F3N2O4. The number of likely N-dealkylation sites (N-methyl/N-ethyl adjacent to an activating group) is 1. The number of rotatable bonds is 5. The summed E-state index contributed by atoms with van der Waals surface area (Å²) in [4.78, 5) is 17.3. The van der Waals surface area contributed by atoms with Crippen molar-refractivity contribution in [1.29, 1.82) is 0 Å². The van der Waals surface area contributed by atoms with E-state index in [1.807, 2.05) is 19.1 Å². The summed E-state index contributed by atoms with van der Waals surface area (Å²) in [6, 6.07) is 7.75. The van der Waals surface area contributed by atoms with Gasteiger partial charge in [0.15, 0.2) is 11.5 Å². The van der Waals surface area contributed by atoms with Gasteiger partial charge >= 0.3 is 6.18 Å². The average Bonchev–Trinajstić information content (AvgIpc) is 3.24. The predicted molar refractivity (Wildman–Crippen MR) is 144 cm³/mol. The molecule has 0 radical (unpaired) electrons. The molecule has 1 saturated heterocycles.